The van der Waals surface area contributed by atoms with Crippen molar-refractivity contribution in [2.75, 3.05) is 13.1 Å². The van der Waals surface area contributed by atoms with Crippen LogP contribution in [0.2, 0.25) is 0 Å². The van der Waals surface area contributed by atoms with Gasteiger partial charge in [0.2, 0.25) is 5.91 Å². The number of carbonyl (C=O) groups excluding carboxylic acids is 1. The molecule has 0 bridgehead atoms. The van der Waals surface area contributed by atoms with Crippen LogP contribution in [0, 0.1) is 11.3 Å². The maximum Gasteiger partial charge on any atom is 0.308 e. The summed E-state index contributed by atoms with van der Waals surface area (Å²) >= 11 is 0. The Morgan fingerprint density at radius 2 is 2.11 bits per heavy atom. The summed E-state index contributed by atoms with van der Waals surface area (Å²) in [5, 5.41) is 9.06. The van der Waals surface area contributed by atoms with Crippen molar-refractivity contribution >= 4 is 11.9 Å². The first-order valence-electron chi connectivity index (χ1n) is 6.71. The predicted octanol–water partition coefficient (Wildman–Crippen LogP) is 0.827. The van der Waals surface area contributed by atoms with Gasteiger partial charge in [0, 0.05) is 19.0 Å². The van der Waals surface area contributed by atoms with Crippen molar-refractivity contribution < 1.29 is 14.7 Å². The molecule has 0 aromatic heterocycles. The van der Waals surface area contributed by atoms with Crippen molar-refractivity contribution in [3.8, 4) is 0 Å². The maximum absolute atomic E-state index is 12.3. The van der Waals surface area contributed by atoms with Gasteiger partial charge in [-0.3, -0.25) is 9.59 Å². The lowest BCUT2D eigenvalue weighted by atomic mass is 9.66. The lowest BCUT2D eigenvalue weighted by Crippen LogP contribution is -2.45. The van der Waals surface area contributed by atoms with Crippen LogP contribution in [-0.4, -0.2) is 41.0 Å². The molecule has 0 aromatic rings. The Kier molecular flexibility index (Phi) is 3.61. The van der Waals surface area contributed by atoms with Gasteiger partial charge >= 0.3 is 5.97 Å². The molecule has 0 radical (unpaired) electrons. The highest BCUT2D eigenvalue weighted by Gasteiger charge is 2.43. The smallest absolute Gasteiger partial charge is 0.308 e. The van der Waals surface area contributed by atoms with Gasteiger partial charge in [0.15, 0.2) is 0 Å². The number of rotatable bonds is 4. The molecule has 0 aromatic carbocycles. The van der Waals surface area contributed by atoms with E-state index in [2.05, 4.69) is 0 Å². The highest BCUT2D eigenvalue weighted by molar-refractivity contribution is 5.80. The van der Waals surface area contributed by atoms with Gasteiger partial charge in [-0.15, -0.1) is 0 Å². The molecule has 2 unspecified atom stereocenters. The van der Waals surface area contributed by atoms with Gasteiger partial charge in [-0.2, -0.15) is 0 Å². The van der Waals surface area contributed by atoms with Crippen molar-refractivity contribution in [2.45, 2.75) is 45.1 Å². The number of aliphatic carboxylic acids is 1. The average molecular weight is 254 g/mol. The number of nitrogens with zero attached hydrogens (tertiary/aromatic N) is 1. The van der Waals surface area contributed by atoms with Crippen LogP contribution in [0.1, 0.15) is 39.0 Å². The lowest BCUT2D eigenvalue weighted by Gasteiger charge is -2.41. The van der Waals surface area contributed by atoms with Crippen LogP contribution in [0.15, 0.2) is 0 Å². The molecular weight excluding hydrogens is 232 g/mol. The molecule has 2 fully saturated rings. The zero-order valence-electron chi connectivity index (χ0n) is 10.9. The number of nitrogens with two attached hydrogens (primary N) is 1. The molecule has 2 rings (SSSR count). The number of carboxylic acids is 1. The Labute approximate surface area is 107 Å². The Hall–Kier alpha value is -1.10. The zero-order chi connectivity index (χ0) is 13.3. The Morgan fingerprint density at radius 1 is 1.44 bits per heavy atom. The largest absolute Gasteiger partial charge is 0.481 e. The highest BCUT2D eigenvalue weighted by atomic mass is 16.4. The van der Waals surface area contributed by atoms with Gasteiger partial charge in [-0.25, -0.2) is 0 Å². The topological polar surface area (TPSA) is 83.6 Å². The molecule has 2 atom stereocenters. The number of hydrogen-bond donors (Lipinski definition) is 2. The van der Waals surface area contributed by atoms with E-state index in [9.17, 15) is 9.59 Å². The minimum Gasteiger partial charge on any atom is -0.481 e. The van der Waals surface area contributed by atoms with E-state index in [1.165, 1.54) is 0 Å². The van der Waals surface area contributed by atoms with Crippen molar-refractivity contribution in [2.24, 2.45) is 17.1 Å². The van der Waals surface area contributed by atoms with E-state index in [4.69, 9.17) is 10.8 Å². The van der Waals surface area contributed by atoms with Gasteiger partial charge in [0.25, 0.3) is 0 Å². The Balaban J connectivity index is 1.96. The number of amides is 1. The SMILES string of the molecule is CC1C(C(=O)O)CCN1C(=O)CC1(CN)CCC1. The summed E-state index contributed by atoms with van der Waals surface area (Å²) in [7, 11) is 0. The number of hydrogen-bond acceptors (Lipinski definition) is 3. The van der Waals surface area contributed by atoms with E-state index in [1.807, 2.05) is 6.92 Å². The van der Waals surface area contributed by atoms with Crippen LogP contribution < -0.4 is 5.73 Å². The number of carbonyl (C=O) groups is 2. The van der Waals surface area contributed by atoms with Gasteiger partial charge in [0.05, 0.1) is 5.92 Å². The minimum absolute atomic E-state index is 0.00187. The first-order chi connectivity index (χ1) is 8.49. The van der Waals surface area contributed by atoms with Crippen molar-refractivity contribution in [3.63, 3.8) is 0 Å². The number of carboxylic acid groups (broad SMARTS) is 1. The fourth-order valence-electron chi connectivity index (χ4n) is 3.17. The fourth-order valence-corrected chi connectivity index (χ4v) is 3.17. The second-order valence-corrected chi connectivity index (χ2v) is 5.80. The predicted molar refractivity (Wildman–Crippen MR) is 66.9 cm³/mol. The summed E-state index contributed by atoms with van der Waals surface area (Å²) in [6.45, 7) is 2.96. The molecule has 1 saturated carbocycles. The number of likely N-dealkylation sites (tertiary alicyclic amines) is 1. The van der Waals surface area contributed by atoms with E-state index >= 15 is 0 Å². The monoisotopic (exact) mass is 254 g/mol. The van der Waals surface area contributed by atoms with Crippen LogP contribution in [0.5, 0.6) is 0 Å². The Bertz CT molecular complexity index is 347. The third-order valence-electron chi connectivity index (χ3n) is 4.77. The first kappa shape index (κ1) is 13.3. The second-order valence-electron chi connectivity index (χ2n) is 5.80. The van der Waals surface area contributed by atoms with Crippen LogP contribution >= 0.6 is 0 Å². The molecule has 2 aliphatic rings. The summed E-state index contributed by atoms with van der Waals surface area (Å²) < 4.78 is 0. The van der Waals surface area contributed by atoms with Crippen molar-refractivity contribution in [1.82, 2.24) is 4.90 Å². The van der Waals surface area contributed by atoms with Gasteiger partial charge < -0.3 is 15.7 Å². The summed E-state index contributed by atoms with van der Waals surface area (Å²) in [4.78, 5) is 25.0. The fraction of sp³-hybridized carbons (Fsp3) is 0.846. The molecule has 18 heavy (non-hydrogen) atoms. The van der Waals surface area contributed by atoms with E-state index in [0.29, 0.717) is 25.9 Å². The molecule has 1 saturated heterocycles. The highest BCUT2D eigenvalue weighted by Crippen LogP contribution is 2.43. The van der Waals surface area contributed by atoms with Gasteiger partial charge in [-0.05, 0) is 38.1 Å². The molecule has 3 N–H and O–H groups in total. The third-order valence-corrected chi connectivity index (χ3v) is 4.77. The summed E-state index contributed by atoms with van der Waals surface area (Å²) in [5.74, 6) is -1.13. The minimum atomic E-state index is -0.796. The summed E-state index contributed by atoms with van der Waals surface area (Å²) in [5.41, 5.74) is 5.76. The van der Waals surface area contributed by atoms with Crippen LogP contribution in [0.25, 0.3) is 0 Å². The molecular formula is C13H22N2O3. The third kappa shape index (κ3) is 2.23. The molecule has 5 nitrogen and oxygen atoms in total. The molecule has 1 heterocycles. The Morgan fingerprint density at radius 3 is 2.50 bits per heavy atom. The van der Waals surface area contributed by atoms with E-state index in [-0.39, 0.29) is 17.4 Å². The standard InChI is InChI=1S/C13H22N2O3/c1-9-10(12(17)18)3-6-15(9)11(16)7-13(8-14)4-2-5-13/h9-10H,2-8,14H2,1H3,(H,17,18). The second kappa shape index (κ2) is 4.88. The summed E-state index contributed by atoms with van der Waals surface area (Å²) in [6.07, 6.45) is 4.26. The molecule has 5 heteroatoms. The van der Waals surface area contributed by atoms with E-state index in [0.717, 1.165) is 19.3 Å². The van der Waals surface area contributed by atoms with Crippen molar-refractivity contribution in [3.05, 3.63) is 0 Å². The van der Waals surface area contributed by atoms with Crippen molar-refractivity contribution in [1.29, 1.82) is 0 Å². The van der Waals surface area contributed by atoms with E-state index in [1.54, 1.807) is 4.90 Å². The molecule has 102 valence electrons. The van der Waals surface area contributed by atoms with Crippen LogP contribution in [0.4, 0.5) is 0 Å². The van der Waals surface area contributed by atoms with E-state index < -0.39 is 11.9 Å². The quantitative estimate of drug-likeness (QED) is 0.778. The average Bonchev–Trinajstić information content (AvgIpc) is 2.65. The zero-order valence-corrected chi connectivity index (χ0v) is 10.9. The molecule has 1 aliphatic carbocycles. The normalized spacial score (nSPS) is 30.0. The molecule has 1 aliphatic heterocycles. The summed E-state index contributed by atoms with van der Waals surface area (Å²) in [6, 6.07) is -0.190. The lowest BCUT2D eigenvalue weighted by molar-refractivity contribution is -0.143. The maximum atomic E-state index is 12.3. The van der Waals surface area contributed by atoms with Crippen LogP contribution in [0.3, 0.4) is 0 Å². The first-order valence-corrected chi connectivity index (χ1v) is 6.71. The van der Waals surface area contributed by atoms with Gasteiger partial charge in [0.1, 0.15) is 0 Å². The molecule has 1 amide bonds. The van der Waals surface area contributed by atoms with Gasteiger partial charge in [-0.1, -0.05) is 6.42 Å². The van der Waals surface area contributed by atoms with Crippen LogP contribution in [-0.2, 0) is 9.59 Å². The molecule has 0 spiro atoms.